The van der Waals surface area contributed by atoms with Gasteiger partial charge in [0.25, 0.3) is 0 Å². The summed E-state index contributed by atoms with van der Waals surface area (Å²) in [7, 11) is 4.73. The number of fused-ring (bicyclic) bond motifs is 1. The highest BCUT2D eigenvalue weighted by molar-refractivity contribution is 6.02. The van der Waals surface area contributed by atoms with Gasteiger partial charge in [0.1, 0.15) is 0 Å². The Morgan fingerprint density at radius 3 is 2.14 bits per heavy atom. The fourth-order valence-electron chi connectivity index (χ4n) is 7.69. The summed E-state index contributed by atoms with van der Waals surface area (Å²) >= 11 is 0. The van der Waals surface area contributed by atoms with E-state index in [0.29, 0.717) is 35.7 Å². The summed E-state index contributed by atoms with van der Waals surface area (Å²) in [6, 6.07) is 11.2. The second kappa shape index (κ2) is 11.7. The molecule has 2 aromatic rings. The number of rotatable bonds is 7. The fourth-order valence-corrected chi connectivity index (χ4v) is 7.69. The highest BCUT2D eigenvalue weighted by Gasteiger charge is 2.43. The van der Waals surface area contributed by atoms with Crippen LogP contribution in [-0.4, -0.2) is 56.7 Å². The molecule has 238 valence electrons. The second-order valence-corrected chi connectivity index (χ2v) is 14.5. The molecule has 9 nitrogen and oxygen atoms in total. The number of nitrogens with zero attached hydrogens (tertiary/aromatic N) is 1. The van der Waals surface area contributed by atoms with E-state index in [1.807, 2.05) is 41.3 Å². The highest BCUT2D eigenvalue weighted by Crippen LogP contribution is 2.50. The average Bonchev–Trinajstić information content (AvgIpc) is 3.04. The predicted octanol–water partition coefficient (Wildman–Crippen LogP) is 5.75. The van der Waals surface area contributed by atoms with Crippen molar-refractivity contribution in [2.45, 2.75) is 90.4 Å². The van der Waals surface area contributed by atoms with E-state index in [2.05, 4.69) is 57.5 Å². The summed E-state index contributed by atoms with van der Waals surface area (Å²) in [6.45, 7) is 13.0. The van der Waals surface area contributed by atoms with Crippen molar-refractivity contribution >= 4 is 23.1 Å². The Labute approximate surface area is 261 Å². The molecule has 9 heteroatoms. The van der Waals surface area contributed by atoms with Crippen LogP contribution in [0.25, 0.3) is 0 Å². The van der Waals surface area contributed by atoms with Crippen molar-refractivity contribution in [1.29, 1.82) is 0 Å². The lowest BCUT2D eigenvalue weighted by Gasteiger charge is -2.46. The van der Waals surface area contributed by atoms with E-state index in [4.69, 9.17) is 14.2 Å². The fraction of sp³-hybridized carbons (Fsp3) is 0.543. The number of anilines is 2. The third-order valence-electron chi connectivity index (χ3n) is 8.88. The van der Waals surface area contributed by atoms with Crippen LogP contribution in [0.1, 0.15) is 78.8 Å². The molecule has 3 N–H and O–H groups in total. The van der Waals surface area contributed by atoms with Crippen molar-refractivity contribution in [3.63, 3.8) is 0 Å². The predicted molar refractivity (Wildman–Crippen MR) is 174 cm³/mol. The van der Waals surface area contributed by atoms with Gasteiger partial charge in [0.2, 0.25) is 11.7 Å². The van der Waals surface area contributed by atoms with Gasteiger partial charge < -0.3 is 35.1 Å². The van der Waals surface area contributed by atoms with E-state index in [-0.39, 0.29) is 40.8 Å². The zero-order valence-corrected chi connectivity index (χ0v) is 27.6. The maximum atomic E-state index is 14.1. The maximum absolute atomic E-state index is 14.1. The number of hydrogen-bond donors (Lipinski definition) is 3. The first-order valence-electron chi connectivity index (χ1n) is 15.4. The van der Waals surface area contributed by atoms with Crippen LogP contribution in [0.15, 0.2) is 47.7 Å². The van der Waals surface area contributed by atoms with Gasteiger partial charge in [0.15, 0.2) is 17.3 Å². The molecule has 0 saturated carbocycles. The Hall–Kier alpha value is -3.72. The standard InChI is InChI=1S/C35H48N4O5/c1-33(2)18-24-30(26(40)19-33)31(21-14-27(42-7)32(44-9)28(15-21)43-8)39(25-13-11-10-12-23(25)37-24)20-29(41)36-22-16-34(3,4)38-35(5,6)17-22/h10-15,22,31,37-38H,16-20H2,1-9H3,(H,36,41). The molecule has 1 aliphatic carbocycles. The van der Waals surface area contributed by atoms with Crippen molar-refractivity contribution in [3.05, 3.63) is 53.2 Å². The van der Waals surface area contributed by atoms with Crippen molar-refractivity contribution in [2.24, 2.45) is 5.41 Å². The van der Waals surface area contributed by atoms with Gasteiger partial charge in [-0.3, -0.25) is 9.59 Å². The first-order chi connectivity index (χ1) is 20.7. The highest BCUT2D eigenvalue weighted by atomic mass is 16.5. The minimum atomic E-state index is -0.579. The topological polar surface area (TPSA) is 101 Å². The van der Waals surface area contributed by atoms with Gasteiger partial charge in [-0.05, 0) is 82.2 Å². The molecule has 1 fully saturated rings. The molecule has 2 aliphatic heterocycles. The van der Waals surface area contributed by atoms with E-state index >= 15 is 0 Å². The summed E-state index contributed by atoms with van der Waals surface area (Å²) in [5.74, 6) is 1.41. The van der Waals surface area contributed by atoms with Crippen LogP contribution in [0.4, 0.5) is 11.4 Å². The Balaban J connectivity index is 1.64. The summed E-state index contributed by atoms with van der Waals surface area (Å²) in [5, 5.41) is 10.7. The third kappa shape index (κ3) is 6.39. The van der Waals surface area contributed by atoms with E-state index in [1.54, 1.807) is 21.3 Å². The number of nitrogens with one attached hydrogen (secondary N) is 3. The molecule has 0 spiro atoms. The second-order valence-electron chi connectivity index (χ2n) is 14.5. The van der Waals surface area contributed by atoms with Crippen molar-refractivity contribution in [3.8, 4) is 17.2 Å². The SMILES string of the molecule is COc1cc(C2C3=C(CC(C)(C)CC3=O)Nc3ccccc3N2CC(=O)NC2CC(C)(C)NC(C)(C)C2)cc(OC)c1OC. The maximum Gasteiger partial charge on any atom is 0.239 e. The van der Waals surface area contributed by atoms with Gasteiger partial charge >= 0.3 is 0 Å². The van der Waals surface area contributed by atoms with Gasteiger partial charge in [-0.2, -0.15) is 0 Å². The van der Waals surface area contributed by atoms with Gasteiger partial charge in [0, 0.05) is 34.8 Å². The average molecular weight is 605 g/mol. The Bertz CT molecular complexity index is 1440. The van der Waals surface area contributed by atoms with Crippen molar-refractivity contribution in [2.75, 3.05) is 38.1 Å². The molecule has 2 aromatic carbocycles. The molecule has 0 bridgehead atoms. The smallest absolute Gasteiger partial charge is 0.239 e. The quantitative estimate of drug-likeness (QED) is 0.367. The van der Waals surface area contributed by atoms with Crippen LogP contribution in [0.2, 0.25) is 0 Å². The molecule has 3 aliphatic rings. The zero-order chi connectivity index (χ0) is 32.0. The third-order valence-corrected chi connectivity index (χ3v) is 8.88. The van der Waals surface area contributed by atoms with Crippen LogP contribution in [0, 0.1) is 5.41 Å². The number of hydrogen-bond acceptors (Lipinski definition) is 8. The molecule has 1 atom stereocenters. The van der Waals surface area contributed by atoms with Crippen molar-refractivity contribution in [1.82, 2.24) is 10.6 Å². The number of amides is 1. The van der Waals surface area contributed by atoms with Crippen molar-refractivity contribution < 1.29 is 23.8 Å². The zero-order valence-electron chi connectivity index (χ0n) is 27.6. The molecule has 44 heavy (non-hydrogen) atoms. The number of carbonyl (C=O) groups is 2. The number of allylic oxidation sites excluding steroid dienone is 1. The van der Waals surface area contributed by atoms with Crippen LogP contribution in [-0.2, 0) is 9.59 Å². The molecule has 1 saturated heterocycles. The summed E-state index contributed by atoms with van der Waals surface area (Å²) < 4.78 is 17.1. The molecule has 0 aromatic heterocycles. The minimum absolute atomic E-state index is 0.0145. The number of para-hydroxylation sites is 2. The van der Waals surface area contributed by atoms with Crippen LogP contribution in [0.5, 0.6) is 17.2 Å². The monoisotopic (exact) mass is 604 g/mol. The Morgan fingerprint density at radius 2 is 1.55 bits per heavy atom. The van der Waals surface area contributed by atoms with Crippen LogP contribution >= 0.6 is 0 Å². The van der Waals surface area contributed by atoms with Crippen LogP contribution < -0.4 is 35.1 Å². The van der Waals surface area contributed by atoms with E-state index in [0.717, 1.165) is 35.5 Å². The largest absolute Gasteiger partial charge is 0.493 e. The van der Waals surface area contributed by atoms with E-state index < -0.39 is 6.04 Å². The number of Topliss-reactive ketones (excluding diaryl/α,β-unsaturated/α-hetero) is 1. The molecule has 0 radical (unpaired) electrons. The van der Waals surface area contributed by atoms with Gasteiger partial charge in [-0.1, -0.05) is 26.0 Å². The molecule has 1 unspecified atom stereocenters. The number of carbonyl (C=O) groups excluding carboxylic acids is 2. The lowest BCUT2D eigenvalue weighted by Crippen LogP contribution is -2.62. The van der Waals surface area contributed by atoms with E-state index in [9.17, 15) is 9.59 Å². The lowest BCUT2D eigenvalue weighted by molar-refractivity contribution is -0.121. The molecular formula is C35H48N4O5. The molecule has 5 rings (SSSR count). The lowest BCUT2D eigenvalue weighted by atomic mass is 9.73. The van der Waals surface area contributed by atoms with E-state index in [1.165, 1.54) is 0 Å². The Morgan fingerprint density at radius 1 is 0.932 bits per heavy atom. The first kappa shape index (κ1) is 31.7. The number of benzene rings is 2. The number of ether oxygens (including phenoxy) is 3. The normalized spacial score (nSPS) is 22.2. The van der Waals surface area contributed by atoms with Gasteiger partial charge in [0.05, 0.1) is 45.3 Å². The molecular weight excluding hydrogens is 556 g/mol. The molecule has 2 heterocycles. The van der Waals surface area contributed by atoms with Crippen LogP contribution in [0.3, 0.4) is 0 Å². The first-order valence-corrected chi connectivity index (χ1v) is 15.4. The summed E-state index contributed by atoms with van der Waals surface area (Å²) in [5.41, 5.74) is 3.57. The summed E-state index contributed by atoms with van der Waals surface area (Å²) in [6.07, 6.45) is 2.74. The Kier molecular flexibility index (Phi) is 8.39. The minimum Gasteiger partial charge on any atom is -0.493 e. The number of piperidine rings is 1. The van der Waals surface area contributed by atoms with Gasteiger partial charge in [-0.15, -0.1) is 0 Å². The molecule has 1 amide bonds. The summed E-state index contributed by atoms with van der Waals surface area (Å²) in [4.78, 5) is 30.2. The number of methoxy groups -OCH3 is 3. The van der Waals surface area contributed by atoms with Gasteiger partial charge in [-0.25, -0.2) is 0 Å². The number of ketones is 1.